The molecule has 0 amide bonds. The smallest absolute Gasteiger partial charge is 0.274 e. The fourth-order valence-corrected chi connectivity index (χ4v) is 4.40. The standard InChI is InChI=1S/C20H16N2O2/c1-3-7-13-11(5-1)9-15-17(13)21-19(23-15)20-22-18-14-8-4-2-6-12(14)10-16(18)24-20/h1-8,15-18H,9-10H2/t15-,16-,17+,18+/m0/s1. The van der Waals surface area contributed by atoms with Crippen LogP contribution in [-0.2, 0) is 22.3 Å². The van der Waals surface area contributed by atoms with Gasteiger partial charge in [-0.3, -0.25) is 0 Å². The molecule has 4 aliphatic rings. The number of ether oxygens (including phenoxy) is 2. The molecule has 2 aliphatic carbocycles. The van der Waals surface area contributed by atoms with Gasteiger partial charge in [-0.2, -0.15) is 0 Å². The molecular weight excluding hydrogens is 300 g/mol. The highest BCUT2D eigenvalue weighted by Gasteiger charge is 2.45. The third-order valence-electron chi connectivity index (χ3n) is 5.52. The van der Waals surface area contributed by atoms with Crippen molar-refractivity contribution in [2.24, 2.45) is 9.98 Å². The molecule has 0 saturated carbocycles. The molecule has 0 fully saturated rings. The zero-order valence-corrected chi connectivity index (χ0v) is 13.1. The summed E-state index contributed by atoms with van der Waals surface area (Å²) in [7, 11) is 0. The molecule has 2 aromatic carbocycles. The molecule has 0 bridgehead atoms. The highest BCUT2D eigenvalue weighted by atomic mass is 16.6. The number of nitrogens with zero attached hydrogens (tertiary/aromatic N) is 2. The van der Waals surface area contributed by atoms with Gasteiger partial charge in [-0.25, -0.2) is 9.98 Å². The van der Waals surface area contributed by atoms with Crippen molar-refractivity contribution in [3.63, 3.8) is 0 Å². The molecule has 0 unspecified atom stereocenters. The number of rotatable bonds is 1. The van der Waals surface area contributed by atoms with Gasteiger partial charge in [-0.1, -0.05) is 48.5 Å². The molecule has 0 radical (unpaired) electrons. The summed E-state index contributed by atoms with van der Waals surface area (Å²) in [6.07, 6.45) is 2.01. The first-order chi connectivity index (χ1) is 11.9. The van der Waals surface area contributed by atoms with Gasteiger partial charge in [0.15, 0.2) is 0 Å². The molecule has 2 aromatic rings. The Bertz CT molecular complexity index is 842. The second-order valence-corrected chi connectivity index (χ2v) is 6.88. The number of hydrogen-bond donors (Lipinski definition) is 0. The van der Waals surface area contributed by atoms with E-state index in [2.05, 4.69) is 48.5 Å². The van der Waals surface area contributed by atoms with Crippen LogP contribution in [0.15, 0.2) is 58.5 Å². The van der Waals surface area contributed by atoms with Crippen LogP contribution >= 0.6 is 0 Å². The average Bonchev–Trinajstić information content (AvgIpc) is 3.31. The Labute approximate surface area is 139 Å². The summed E-state index contributed by atoms with van der Waals surface area (Å²) in [5.41, 5.74) is 5.24. The first-order valence-electron chi connectivity index (χ1n) is 8.52. The number of benzene rings is 2. The van der Waals surface area contributed by atoms with Gasteiger partial charge in [-0.05, 0) is 22.3 Å². The van der Waals surface area contributed by atoms with Gasteiger partial charge in [-0.15, -0.1) is 0 Å². The van der Waals surface area contributed by atoms with Crippen LogP contribution in [0.1, 0.15) is 34.3 Å². The van der Waals surface area contributed by atoms with E-state index in [0.717, 1.165) is 12.8 Å². The van der Waals surface area contributed by atoms with E-state index in [-0.39, 0.29) is 24.3 Å². The Kier molecular flexibility index (Phi) is 2.38. The van der Waals surface area contributed by atoms with Gasteiger partial charge in [0.25, 0.3) is 11.8 Å². The van der Waals surface area contributed by atoms with E-state index in [1.165, 1.54) is 22.3 Å². The minimum atomic E-state index is 0.0928. The predicted octanol–water partition coefficient (Wildman–Crippen LogP) is 3.18. The van der Waals surface area contributed by atoms with Crippen LogP contribution in [0.25, 0.3) is 0 Å². The zero-order chi connectivity index (χ0) is 15.7. The maximum absolute atomic E-state index is 6.10. The van der Waals surface area contributed by atoms with E-state index in [1.54, 1.807) is 0 Å². The second kappa shape index (κ2) is 4.47. The van der Waals surface area contributed by atoms with Crippen molar-refractivity contribution in [3.05, 3.63) is 70.8 Å². The molecule has 2 aliphatic heterocycles. The SMILES string of the molecule is c1ccc2c(c1)C[C@@H]1OC(C3=N[C@@H]4c5ccccc5C[C@@H]4O3)=N[C@H]21. The lowest BCUT2D eigenvalue weighted by Gasteiger charge is -2.10. The first kappa shape index (κ1) is 12.8. The van der Waals surface area contributed by atoms with Gasteiger partial charge in [0.2, 0.25) is 0 Å². The molecule has 0 aromatic heterocycles. The first-order valence-corrected chi connectivity index (χ1v) is 8.52. The maximum Gasteiger partial charge on any atom is 0.274 e. The van der Waals surface area contributed by atoms with Crippen LogP contribution in [-0.4, -0.2) is 24.0 Å². The van der Waals surface area contributed by atoms with Crippen LogP contribution in [0.3, 0.4) is 0 Å². The third kappa shape index (κ3) is 1.63. The van der Waals surface area contributed by atoms with Gasteiger partial charge in [0.1, 0.15) is 24.3 Å². The average molecular weight is 316 g/mol. The Morgan fingerprint density at radius 3 is 1.62 bits per heavy atom. The molecule has 0 spiro atoms. The predicted molar refractivity (Wildman–Crippen MR) is 90.4 cm³/mol. The van der Waals surface area contributed by atoms with E-state index in [0.29, 0.717) is 11.8 Å². The minimum Gasteiger partial charge on any atom is -0.468 e. The maximum atomic E-state index is 6.10. The lowest BCUT2D eigenvalue weighted by atomic mass is 10.1. The lowest BCUT2D eigenvalue weighted by molar-refractivity contribution is 0.187. The fourth-order valence-electron chi connectivity index (χ4n) is 4.40. The van der Waals surface area contributed by atoms with Gasteiger partial charge in [0, 0.05) is 12.8 Å². The van der Waals surface area contributed by atoms with Crippen molar-refractivity contribution >= 4 is 11.8 Å². The van der Waals surface area contributed by atoms with Crippen LogP contribution < -0.4 is 0 Å². The van der Waals surface area contributed by atoms with Gasteiger partial charge < -0.3 is 9.47 Å². The molecule has 6 rings (SSSR count). The minimum absolute atomic E-state index is 0.0928. The number of hydrogen-bond acceptors (Lipinski definition) is 4. The van der Waals surface area contributed by atoms with E-state index in [9.17, 15) is 0 Å². The molecule has 2 heterocycles. The van der Waals surface area contributed by atoms with Gasteiger partial charge >= 0.3 is 0 Å². The monoisotopic (exact) mass is 316 g/mol. The number of fused-ring (bicyclic) bond motifs is 6. The highest BCUT2D eigenvalue weighted by molar-refractivity contribution is 6.36. The highest BCUT2D eigenvalue weighted by Crippen LogP contribution is 2.43. The summed E-state index contributed by atoms with van der Waals surface area (Å²) in [6, 6.07) is 17.1. The summed E-state index contributed by atoms with van der Waals surface area (Å²) in [5.74, 6) is 1.18. The Hall–Kier alpha value is -2.62. The van der Waals surface area contributed by atoms with Crippen LogP contribution in [0.5, 0.6) is 0 Å². The summed E-state index contributed by atoms with van der Waals surface area (Å²) >= 11 is 0. The van der Waals surface area contributed by atoms with Crippen LogP contribution in [0.2, 0.25) is 0 Å². The quantitative estimate of drug-likeness (QED) is 0.811. The molecule has 0 N–H and O–H groups in total. The van der Waals surface area contributed by atoms with E-state index >= 15 is 0 Å². The summed E-state index contributed by atoms with van der Waals surface area (Å²) in [6.45, 7) is 0. The Morgan fingerprint density at radius 1 is 0.667 bits per heavy atom. The van der Waals surface area contributed by atoms with E-state index < -0.39 is 0 Å². The normalized spacial score (nSPS) is 31.3. The largest absolute Gasteiger partial charge is 0.468 e. The zero-order valence-electron chi connectivity index (χ0n) is 13.1. The topological polar surface area (TPSA) is 43.2 Å². The van der Waals surface area contributed by atoms with E-state index in [4.69, 9.17) is 19.5 Å². The van der Waals surface area contributed by atoms with Crippen molar-refractivity contribution in [3.8, 4) is 0 Å². The molecule has 24 heavy (non-hydrogen) atoms. The molecule has 4 heteroatoms. The van der Waals surface area contributed by atoms with Crippen molar-refractivity contribution in [2.45, 2.75) is 37.1 Å². The molecule has 118 valence electrons. The summed E-state index contributed by atoms with van der Waals surface area (Å²) in [4.78, 5) is 9.59. The Balaban J connectivity index is 1.34. The second-order valence-electron chi connectivity index (χ2n) is 6.88. The summed E-state index contributed by atoms with van der Waals surface area (Å²) in [5, 5.41) is 0. The van der Waals surface area contributed by atoms with Crippen molar-refractivity contribution < 1.29 is 9.47 Å². The summed E-state index contributed by atoms with van der Waals surface area (Å²) < 4.78 is 12.2. The number of aliphatic imine (C=N–C) groups is 2. The van der Waals surface area contributed by atoms with Crippen molar-refractivity contribution in [2.75, 3.05) is 0 Å². The molecule has 4 atom stereocenters. The fraction of sp³-hybridized carbons (Fsp3) is 0.300. The molecule has 4 nitrogen and oxygen atoms in total. The van der Waals surface area contributed by atoms with Crippen LogP contribution in [0.4, 0.5) is 0 Å². The lowest BCUT2D eigenvalue weighted by Crippen LogP contribution is -2.22. The van der Waals surface area contributed by atoms with Crippen molar-refractivity contribution in [1.29, 1.82) is 0 Å². The van der Waals surface area contributed by atoms with Crippen molar-refractivity contribution in [1.82, 2.24) is 0 Å². The van der Waals surface area contributed by atoms with Crippen LogP contribution in [0, 0.1) is 0 Å². The molecular formula is C20H16N2O2. The van der Waals surface area contributed by atoms with E-state index in [1.807, 2.05) is 0 Å². The Morgan fingerprint density at radius 2 is 1.12 bits per heavy atom. The van der Waals surface area contributed by atoms with Gasteiger partial charge in [0.05, 0.1) is 0 Å². The third-order valence-corrected chi connectivity index (χ3v) is 5.52. The molecule has 0 saturated heterocycles.